The number of ketones is 1. The van der Waals surface area contributed by atoms with Crippen molar-refractivity contribution >= 4 is 17.4 Å². The first-order valence-corrected chi connectivity index (χ1v) is 10.1. The molecule has 3 aromatic rings. The Labute approximate surface area is 196 Å². The molecule has 3 aromatic carbocycles. The normalized spacial score (nSPS) is 11.8. The van der Waals surface area contributed by atoms with Crippen LogP contribution in [-0.4, -0.2) is 25.1 Å². The molecule has 184 valence electrons. The number of carbonyl (C=O) groups is 2. The van der Waals surface area contributed by atoms with Crippen LogP contribution in [0.25, 0.3) is 11.1 Å². The fourth-order valence-corrected chi connectivity index (χ4v) is 3.50. The fraction of sp³-hybridized carbons (Fsp3) is 0.200. The molecular formula is C25H19F6NO3. The smallest absolute Gasteiger partial charge is 0.406 e. The van der Waals surface area contributed by atoms with E-state index in [1.165, 1.54) is 25.1 Å². The summed E-state index contributed by atoms with van der Waals surface area (Å²) in [6.45, 7) is 3.03. The van der Waals surface area contributed by atoms with Crippen molar-refractivity contribution in [2.45, 2.75) is 26.4 Å². The van der Waals surface area contributed by atoms with Crippen LogP contribution < -0.4 is 9.64 Å². The van der Waals surface area contributed by atoms with Crippen LogP contribution in [-0.2, 0) is 6.18 Å². The summed E-state index contributed by atoms with van der Waals surface area (Å²) in [5, 5.41) is 0. The number of nitrogens with zero attached hydrogens (tertiary/aromatic N) is 1. The number of rotatable bonds is 5. The molecule has 10 heteroatoms. The number of halogens is 6. The van der Waals surface area contributed by atoms with Crippen molar-refractivity contribution in [3.05, 3.63) is 82.9 Å². The summed E-state index contributed by atoms with van der Waals surface area (Å²) in [5.41, 5.74) is -0.339. The SMILES string of the molecule is CC(=O)c1ccc(C)c(-c2ccc(N(C)C(=O)c3cccc(OC(F)(F)F)c3)c(C(F)(F)F)c2)c1. The lowest BCUT2D eigenvalue weighted by atomic mass is 9.95. The number of hydrogen-bond donors (Lipinski definition) is 0. The minimum atomic E-state index is -5.00. The van der Waals surface area contributed by atoms with Gasteiger partial charge in [-0.3, -0.25) is 9.59 Å². The van der Waals surface area contributed by atoms with Gasteiger partial charge in [-0.25, -0.2) is 0 Å². The summed E-state index contributed by atoms with van der Waals surface area (Å²) in [6.07, 6.45) is -9.85. The summed E-state index contributed by atoms with van der Waals surface area (Å²) < 4.78 is 83.2. The van der Waals surface area contributed by atoms with Crippen molar-refractivity contribution in [2.75, 3.05) is 11.9 Å². The van der Waals surface area contributed by atoms with Crippen molar-refractivity contribution < 1.29 is 40.7 Å². The van der Waals surface area contributed by atoms with E-state index >= 15 is 0 Å². The predicted octanol–water partition coefficient (Wildman–Crippen LogP) is 7.06. The molecule has 3 rings (SSSR count). The highest BCUT2D eigenvalue weighted by molar-refractivity contribution is 6.06. The first-order chi connectivity index (χ1) is 16.2. The molecule has 0 bridgehead atoms. The van der Waals surface area contributed by atoms with Gasteiger partial charge in [-0.05, 0) is 66.9 Å². The van der Waals surface area contributed by atoms with Crippen molar-refractivity contribution in [2.24, 2.45) is 0 Å². The molecule has 4 nitrogen and oxygen atoms in total. The van der Waals surface area contributed by atoms with Gasteiger partial charge in [0.1, 0.15) is 5.75 Å². The zero-order chi connectivity index (χ0) is 26.1. The minimum Gasteiger partial charge on any atom is -0.406 e. The van der Waals surface area contributed by atoms with E-state index in [1.807, 2.05) is 0 Å². The van der Waals surface area contributed by atoms with E-state index in [9.17, 15) is 35.9 Å². The molecule has 0 spiro atoms. The Balaban J connectivity index is 2.04. The van der Waals surface area contributed by atoms with Gasteiger partial charge in [0.05, 0.1) is 11.3 Å². The molecule has 35 heavy (non-hydrogen) atoms. The molecule has 0 N–H and O–H groups in total. The third-order valence-electron chi connectivity index (χ3n) is 5.24. The Bertz CT molecular complexity index is 1280. The number of Topliss-reactive ketones (excluding diaryl/α,β-unsaturated/α-hetero) is 1. The molecule has 0 saturated carbocycles. The van der Waals surface area contributed by atoms with Gasteiger partial charge in [-0.2, -0.15) is 13.2 Å². The second kappa shape index (κ2) is 9.44. The first kappa shape index (κ1) is 25.8. The number of ether oxygens (including phenoxy) is 1. The van der Waals surface area contributed by atoms with Crippen LogP contribution in [0.5, 0.6) is 5.75 Å². The van der Waals surface area contributed by atoms with E-state index in [0.29, 0.717) is 21.6 Å². The minimum absolute atomic E-state index is 0.183. The molecule has 0 saturated heterocycles. The molecule has 0 aliphatic carbocycles. The molecule has 0 atom stereocenters. The maximum absolute atomic E-state index is 14.0. The summed E-state index contributed by atoms with van der Waals surface area (Å²) in [4.78, 5) is 25.3. The van der Waals surface area contributed by atoms with E-state index in [1.54, 1.807) is 19.1 Å². The third-order valence-corrected chi connectivity index (χ3v) is 5.24. The van der Waals surface area contributed by atoms with Crippen LogP contribution in [0.4, 0.5) is 32.0 Å². The van der Waals surface area contributed by atoms with E-state index in [4.69, 9.17) is 0 Å². The van der Waals surface area contributed by atoms with Gasteiger partial charge in [0.2, 0.25) is 0 Å². The zero-order valence-corrected chi connectivity index (χ0v) is 18.7. The summed E-state index contributed by atoms with van der Waals surface area (Å²) >= 11 is 0. The van der Waals surface area contributed by atoms with Gasteiger partial charge in [-0.1, -0.05) is 24.3 Å². The molecule has 0 fully saturated rings. The van der Waals surface area contributed by atoms with Crippen LogP contribution in [0.1, 0.15) is 38.8 Å². The molecular weight excluding hydrogens is 476 g/mol. The highest BCUT2D eigenvalue weighted by Crippen LogP contribution is 2.40. The largest absolute Gasteiger partial charge is 0.573 e. The van der Waals surface area contributed by atoms with Gasteiger partial charge in [0, 0.05) is 18.2 Å². The average Bonchev–Trinajstić information content (AvgIpc) is 2.76. The van der Waals surface area contributed by atoms with Crippen LogP contribution in [0.3, 0.4) is 0 Å². The van der Waals surface area contributed by atoms with Crippen molar-refractivity contribution in [1.29, 1.82) is 0 Å². The second-order valence-electron chi connectivity index (χ2n) is 7.76. The lowest BCUT2D eigenvalue weighted by molar-refractivity contribution is -0.274. The van der Waals surface area contributed by atoms with Gasteiger partial charge in [0.15, 0.2) is 5.78 Å². The van der Waals surface area contributed by atoms with Gasteiger partial charge in [-0.15, -0.1) is 13.2 Å². The molecule has 0 aliphatic rings. The Morgan fingerprint density at radius 3 is 2.14 bits per heavy atom. The van der Waals surface area contributed by atoms with E-state index in [0.717, 1.165) is 37.4 Å². The zero-order valence-electron chi connectivity index (χ0n) is 18.7. The summed E-state index contributed by atoms with van der Waals surface area (Å²) in [7, 11) is 1.09. The van der Waals surface area contributed by atoms with Crippen molar-refractivity contribution in [3.8, 4) is 16.9 Å². The van der Waals surface area contributed by atoms with Crippen LogP contribution >= 0.6 is 0 Å². The topological polar surface area (TPSA) is 46.6 Å². The lowest BCUT2D eigenvalue weighted by Crippen LogP contribution is -2.28. The molecule has 0 radical (unpaired) electrons. The van der Waals surface area contributed by atoms with E-state index in [-0.39, 0.29) is 16.9 Å². The maximum Gasteiger partial charge on any atom is 0.573 e. The average molecular weight is 495 g/mol. The van der Waals surface area contributed by atoms with E-state index < -0.39 is 35.4 Å². The quantitative estimate of drug-likeness (QED) is 0.281. The van der Waals surface area contributed by atoms with E-state index in [2.05, 4.69) is 4.74 Å². The highest BCUT2D eigenvalue weighted by atomic mass is 19.4. The monoisotopic (exact) mass is 495 g/mol. The molecule has 0 unspecified atom stereocenters. The van der Waals surface area contributed by atoms with Gasteiger partial charge >= 0.3 is 12.5 Å². The molecule has 0 aliphatic heterocycles. The van der Waals surface area contributed by atoms with Crippen LogP contribution in [0.15, 0.2) is 60.7 Å². The van der Waals surface area contributed by atoms with Crippen LogP contribution in [0, 0.1) is 6.92 Å². The third kappa shape index (κ3) is 6.00. The van der Waals surface area contributed by atoms with Gasteiger partial charge < -0.3 is 9.64 Å². The van der Waals surface area contributed by atoms with Crippen molar-refractivity contribution in [1.82, 2.24) is 0 Å². The van der Waals surface area contributed by atoms with Crippen LogP contribution in [0.2, 0.25) is 0 Å². The molecule has 1 amide bonds. The molecule has 0 heterocycles. The Morgan fingerprint density at radius 2 is 1.54 bits per heavy atom. The second-order valence-corrected chi connectivity index (χ2v) is 7.76. The Morgan fingerprint density at radius 1 is 0.857 bits per heavy atom. The number of alkyl halides is 6. The maximum atomic E-state index is 14.0. The Kier molecular flexibility index (Phi) is 6.96. The van der Waals surface area contributed by atoms with Crippen molar-refractivity contribution in [3.63, 3.8) is 0 Å². The summed E-state index contributed by atoms with van der Waals surface area (Å²) in [5.74, 6) is -1.89. The number of anilines is 1. The number of benzene rings is 3. The number of carbonyl (C=O) groups excluding carboxylic acids is 2. The lowest BCUT2D eigenvalue weighted by Gasteiger charge is -2.23. The molecule has 0 aromatic heterocycles. The first-order valence-electron chi connectivity index (χ1n) is 10.1. The predicted molar refractivity (Wildman–Crippen MR) is 117 cm³/mol. The van der Waals surface area contributed by atoms with Gasteiger partial charge in [0.25, 0.3) is 5.91 Å². The standard InChI is InChI=1S/C25H19F6NO3/c1-14-7-8-16(15(2)33)12-20(14)17-9-10-22(21(13-17)24(26,27)28)32(3)23(34)18-5-4-6-19(11-18)35-25(29,30)31/h4-13H,1-3H3. The Hall–Kier alpha value is -3.82. The fourth-order valence-electron chi connectivity index (χ4n) is 3.50. The highest BCUT2D eigenvalue weighted by Gasteiger charge is 2.36. The number of hydrogen-bond acceptors (Lipinski definition) is 3. The number of aryl methyl sites for hydroxylation is 1. The number of amides is 1. The summed E-state index contributed by atoms with van der Waals surface area (Å²) in [6, 6.07) is 12.1.